The monoisotopic (exact) mass is 336 g/mol. The van der Waals surface area contributed by atoms with Gasteiger partial charge in [-0.3, -0.25) is 4.79 Å². The maximum Gasteiger partial charge on any atom is 0.328 e. The average molecular weight is 336 g/mol. The number of carbonyl (C=O) groups excluding carboxylic acids is 3. The highest BCUT2D eigenvalue weighted by molar-refractivity contribution is 5.99. The summed E-state index contributed by atoms with van der Waals surface area (Å²) in [5, 5.41) is 16.7. The van der Waals surface area contributed by atoms with Gasteiger partial charge in [0.25, 0.3) is 0 Å². The number of ether oxygens (including phenoxy) is 1. The molecule has 0 radical (unpaired) electrons. The summed E-state index contributed by atoms with van der Waals surface area (Å²) in [5.41, 5.74) is 6.64. The third kappa shape index (κ3) is 5.95. The fourth-order valence-corrected chi connectivity index (χ4v) is 1.86. The van der Waals surface area contributed by atoms with E-state index >= 15 is 0 Å². The summed E-state index contributed by atoms with van der Waals surface area (Å²) in [6.07, 6.45) is -0.0188. The average Bonchev–Trinajstić information content (AvgIpc) is 2.57. The third-order valence-corrected chi connectivity index (χ3v) is 3.18. The standard InChI is InChI=1S/C15H20N4O5/c1-9(19-23)10-3-5-11(6-4-10)17-15(22)18-12(14(21)24-2)7-8-13(16)20/h3-6,12,23H,7-8H2,1-2H3,(H2,16,20)(H2,17,18,22). The van der Waals surface area contributed by atoms with Gasteiger partial charge in [-0.05, 0) is 31.0 Å². The number of primary amides is 1. The molecule has 5 N–H and O–H groups in total. The van der Waals surface area contributed by atoms with Gasteiger partial charge in [-0.15, -0.1) is 0 Å². The lowest BCUT2D eigenvalue weighted by Gasteiger charge is -2.16. The van der Waals surface area contributed by atoms with E-state index in [0.29, 0.717) is 17.0 Å². The molecule has 0 aliphatic heterocycles. The molecule has 1 atom stereocenters. The molecule has 1 aromatic rings. The van der Waals surface area contributed by atoms with Crippen molar-refractivity contribution in [2.45, 2.75) is 25.8 Å². The summed E-state index contributed by atoms with van der Waals surface area (Å²) in [6.45, 7) is 1.63. The van der Waals surface area contributed by atoms with E-state index in [1.807, 2.05) is 0 Å². The molecule has 130 valence electrons. The first kappa shape index (κ1) is 18.9. The molecular formula is C15H20N4O5. The highest BCUT2D eigenvalue weighted by Crippen LogP contribution is 2.10. The van der Waals surface area contributed by atoms with Crippen LogP contribution in [-0.2, 0) is 14.3 Å². The number of urea groups is 1. The Kier molecular flexibility index (Phi) is 7.21. The van der Waals surface area contributed by atoms with Gasteiger partial charge in [0, 0.05) is 12.1 Å². The van der Waals surface area contributed by atoms with Crippen LogP contribution in [0.15, 0.2) is 29.4 Å². The Morgan fingerprint density at radius 2 is 1.92 bits per heavy atom. The van der Waals surface area contributed by atoms with Gasteiger partial charge in [-0.25, -0.2) is 9.59 Å². The van der Waals surface area contributed by atoms with E-state index in [2.05, 4.69) is 20.5 Å². The first-order valence-corrected chi connectivity index (χ1v) is 7.10. The first-order chi connectivity index (χ1) is 11.4. The van der Waals surface area contributed by atoms with Crippen LogP contribution < -0.4 is 16.4 Å². The summed E-state index contributed by atoms with van der Waals surface area (Å²) in [5.74, 6) is -1.25. The molecule has 0 fully saturated rings. The van der Waals surface area contributed by atoms with Gasteiger partial charge >= 0.3 is 12.0 Å². The molecular weight excluding hydrogens is 316 g/mol. The summed E-state index contributed by atoms with van der Waals surface area (Å²) >= 11 is 0. The molecule has 0 saturated carbocycles. The lowest BCUT2D eigenvalue weighted by atomic mass is 10.1. The van der Waals surface area contributed by atoms with E-state index in [4.69, 9.17) is 10.9 Å². The predicted octanol–water partition coefficient (Wildman–Crippen LogP) is 0.813. The van der Waals surface area contributed by atoms with Gasteiger partial charge in [0.15, 0.2) is 0 Å². The molecule has 0 aliphatic carbocycles. The molecule has 0 heterocycles. The fraction of sp³-hybridized carbons (Fsp3) is 0.333. The first-order valence-electron chi connectivity index (χ1n) is 7.10. The van der Waals surface area contributed by atoms with Crippen LogP contribution >= 0.6 is 0 Å². The molecule has 0 saturated heterocycles. The lowest BCUT2D eigenvalue weighted by molar-refractivity contribution is -0.143. The van der Waals surface area contributed by atoms with E-state index in [0.717, 1.165) is 0 Å². The van der Waals surface area contributed by atoms with Crippen LogP contribution in [0.1, 0.15) is 25.3 Å². The molecule has 1 unspecified atom stereocenters. The zero-order valence-electron chi connectivity index (χ0n) is 13.4. The smallest absolute Gasteiger partial charge is 0.328 e. The molecule has 0 aliphatic rings. The summed E-state index contributed by atoms with van der Waals surface area (Å²) in [7, 11) is 1.18. The zero-order valence-corrected chi connectivity index (χ0v) is 13.4. The summed E-state index contributed by atoms with van der Waals surface area (Å²) in [6, 6.07) is 4.94. The third-order valence-electron chi connectivity index (χ3n) is 3.18. The van der Waals surface area contributed by atoms with Gasteiger partial charge in [0.2, 0.25) is 5.91 Å². The lowest BCUT2D eigenvalue weighted by Crippen LogP contribution is -2.44. The van der Waals surface area contributed by atoms with Crippen molar-refractivity contribution in [1.29, 1.82) is 0 Å². The molecule has 0 bridgehead atoms. The van der Waals surface area contributed by atoms with Gasteiger partial charge in [-0.1, -0.05) is 17.3 Å². The van der Waals surface area contributed by atoms with Crippen molar-refractivity contribution >= 4 is 29.3 Å². The van der Waals surface area contributed by atoms with E-state index < -0.39 is 23.9 Å². The van der Waals surface area contributed by atoms with E-state index in [1.165, 1.54) is 7.11 Å². The molecule has 1 aromatic carbocycles. The maximum atomic E-state index is 12.0. The number of hydrogen-bond donors (Lipinski definition) is 4. The van der Waals surface area contributed by atoms with Crippen LogP contribution in [0.3, 0.4) is 0 Å². The van der Waals surface area contributed by atoms with Gasteiger partial charge in [0.1, 0.15) is 6.04 Å². The molecule has 9 heteroatoms. The van der Waals surface area contributed by atoms with Crippen molar-refractivity contribution < 1.29 is 24.3 Å². The minimum absolute atomic E-state index is 0.0422. The van der Waals surface area contributed by atoms with Crippen molar-refractivity contribution in [2.75, 3.05) is 12.4 Å². The SMILES string of the molecule is COC(=O)C(CCC(N)=O)NC(=O)Nc1ccc(C(C)=NO)cc1. The van der Waals surface area contributed by atoms with Crippen LogP contribution in [0.25, 0.3) is 0 Å². The number of anilines is 1. The van der Waals surface area contributed by atoms with E-state index in [-0.39, 0.29) is 12.8 Å². The summed E-state index contributed by atoms with van der Waals surface area (Å²) < 4.78 is 4.58. The number of nitrogens with one attached hydrogen (secondary N) is 2. The van der Waals surface area contributed by atoms with Crippen molar-refractivity contribution in [3.8, 4) is 0 Å². The number of hydrogen-bond acceptors (Lipinski definition) is 6. The number of amides is 3. The van der Waals surface area contributed by atoms with Crippen molar-refractivity contribution in [1.82, 2.24) is 5.32 Å². The van der Waals surface area contributed by atoms with Crippen molar-refractivity contribution in [3.63, 3.8) is 0 Å². The predicted molar refractivity (Wildman–Crippen MR) is 86.8 cm³/mol. The number of rotatable bonds is 7. The Balaban J connectivity index is 2.67. The molecule has 3 amide bonds. The van der Waals surface area contributed by atoms with E-state index in [1.54, 1.807) is 31.2 Å². The Hall–Kier alpha value is -3.10. The van der Waals surface area contributed by atoms with Gasteiger partial charge in [-0.2, -0.15) is 0 Å². The molecule has 24 heavy (non-hydrogen) atoms. The second kappa shape index (κ2) is 9.13. The second-order valence-corrected chi connectivity index (χ2v) is 4.94. The molecule has 1 rings (SSSR count). The van der Waals surface area contributed by atoms with Crippen LogP contribution in [-0.4, -0.2) is 42.0 Å². The Morgan fingerprint density at radius 3 is 2.42 bits per heavy atom. The number of esters is 1. The Labute approximate surface area is 138 Å². The van der Waals surface area contributed by atoms with Crippen LogP contribution in [0.5, 0.6) is 0 Å². The molecule has 0 spiro atoms. The second-order valence-electron chi connectivity index (χ2n) is 4.94. The number of nitrogens with zero attached hydrogens (tertiary/aromatic N) is 1. The van der Waals surface area contributed by atoms with Crippen LogP contribution in [0.2, 0.25) is 0 Å². The minimum atomic E-state index is -0.981. The topological polar surface area (TPSA) is 143 Å². The highest BCUT2D eigenvalue weighted by Gasteiger charge is 2.22. The number of nitrogens with two attached hydrogens (primary N) is 1. The minimum Gasteiger partial charge on any atom is -0.467 e. The quantitative estimate of drug-likeness (QED) is 0.252. The maximum absolute atomic E-state index is 12.0. The van der Waals surface area contributed by atoms with Gasteiger partial charge in [0.05, 0.1) is 12.8 Å². The molecule has 9 nitrogen and oxygen atoms in total. The van der Waals surface area contributed by atoms with Crippen molar-refractivity contribution in [3.05, 3.63) is 29.8 Å². The number of benzene rings is 1. The van der Waals surface area contributed by atoms with Crippen LogP contribution in [0.4, 0.5) is 10.5 Å². The number of carbonyl (C=O) groups is 3. The molecule has 0 aromatic heterocycles. The number of methoxy groups -OCH3 is 1. The zero-order chi connectivity index (χ0) is 18.1. The fourth-order valence-electron chi connectivity index (χ4n) is 1.86. The van der Waals surface area contributed by atoms with Crippen molar-refractivity contribution in [2.24, 2.45) is 10.9 Å². The normalized spacial score (nSPS) is 12.2. The largest absolute Gasteiger partial charge is 0.467 e. The highest BCUT2D eigenvalue weighted by atomic mass is 16.5. The van der Waals surface area contributed by atoms with E-state index in [9.17, 15) is 14.4 Å². The number of oxime groups is 1. The Bertz CT molecular complexity index is 627. The van der Waals surface area contributed by atoms with Crippen LogP contribution in [0, 0.1) is 0 Å². The van der Waals surface area contributed by atoms with Gasteiger partial charge < -0.3 is 26.3 Å². The Morgan fingerprint density at radius 1 is 1.29 bits per heavy atom. The summed E-state index contributed by atoms with van der Waals surface area (Å²) in [4.78, 5) is 34.4.